The second-order valence-electron chi connectivity index (χ2n) is 3.74. The zero-order valence-corrected chi connectivity index (χ0v) is 13.8. The number of rotatable bonds is 4. The van der Waals surface area contributed by atoms with Crippen LogP contribution in [-0.2, 0) is 0 Å². The molecule has 0 fully saturated rings. The van der Waals surface area contributed by atoms with E-state index < -0.39 is 0 Å². The maximum Gasteiger partial charge on any atom is 0.195 e. The quantitative estimate of drug-likeness (QED) is 0.366. The van der Waals surface area contributed by atoms with E-state index >= 15 is 0 Å². The monoisotopic (exact) mass is 396 g/mol. The molecule has 0 atom stereocenters. The van der Waals surface area contributed by atoms with Crippen molar-refractivity contribution in [1.29, 1.82) is 0 Å². The lowest BCUT2D eigenvalue weighted by Gasteiger charge is -1.92. The zero-order valence-electron chi connectivity index (χ0n) is 9.85. The second-order valence-corrected chi connectivity index (χ2v) is 7.12. The summed E-state index contributed by atoms with van der Waals surface area (Å²) >= 11 is 8.17. The number of hydrogen-bond acceptors (Lipinski definition) is 2. The molecule has 1 nitrogen and oxygen atoms in total. The largest absolute Gasteiger partial charge is 0.288 e. The van der Waals surface area contributed by atoms with Crippen LogP contribution < -0.4 is 0 Å². The molecule has 0 aliphatic rings. The van der Waals surface area contributed by atoms with E-state index in [1.807, 2.05) is 48.6 Å². The van der Waals surface area contributed by atoms with Gasteiger partial charge in [0.1, 0.15) is 0 Å². The van der Waals surface area contributed by atoms with Crippen LogP contribution in [-0.4, -0.2) is 5.78 Å². The molecule has 1 heterocycles. The molecule has 0 unspecified atom stereocenters. The average Bonchev–Trinajstić information content (AvgIpc) is 2.83. The highest BCUT2D eigenvalue weighted by Gasteiger charge is 2.03. The van der Waals surface area contributed by atoms with Gasteiger partial charge in [0.25, 0.3) is 0 Å². The Balaban J connectivity index is 1.96. The Labute approximate surface area is 132 Å². The molecule has 0 aliphatic carbocycles. The summed E-state index contributed by atoms with van der Waals surface area (Å²) < 4.78 is 2.02. The highest BCUT2D eigenvalue weighted by molar-refractivity contribution is 9.11. The van der Waals surface area contributed by atoms with E-state index in [0.29, 0.717) is 0 Å². The molecular weight excluding hydrogens is 388 g/mol. The van der Waals surface area contributed by atoms with Crippen molar-refractivity contribution in [2.75, 3.05) is 0 Å². The van der Waals surface area contributed by atoms with E-state index in [0.717, 1.165) is 18.7 Å². The number of hydrogen-bond donors (Lipinski definition) is 0. The fourth-order valence-electron chi connectivity index (χ4n) is 1.41. The SMILES string of the molecule is O=C(/C=C/C=C/c1ccc(Br)cc1)c1ccc(Br)s1. The zero-order chi connectivity index (χ0) is 13.7. The lowest BCUT2D eigenvalue weighted by molar-refractivity contribution is 0.105. The Kier molecular flexibility index (Phi) is 5.31. The van der Waals surface area contributed by atoms with E-state index in [-0.39, 0.29) is 5.78 Å². The fraction of sp³-hybridized carbons (Fsp3) is 0. The third-order valence-electron chi connectivity index (χ3n) is 2.33. The molecule has 1 aromatic heterocycles. The topological polar surface area (TPSA) is 17.1 Å². The third-order valence-corrected chi connectivity index (χ3v) is 4.50. The first kappa shape index (κ1) is 14.4. The number of allylic oxidation sites excluding steroid dienone is 3. The molecule has 2 rings (SSSR count). The van der Waals surface area contributed by atoms with Crippen LogP contribution in [0.4, 0.5) is 0 Å². The normalized spacial score (nSPS) is 11.5. The minimum absolute atomic E-state index is 0.0242. The molecule has 4 heteroatoms. The molecule has 1 aromatic carbocycles. The Bertz CT molecular complexity index is 624. The van der Waals surface area contributed by atoms with Gasteiger partial charge in [0, 0.05) is 4.47 Å². The Morgan fingerprint density at radius 3 is 2.37 bits per heavy atom. The van der Waals surface area contributed by atoms with Crippen molar-refractivity contribution in [3.8, 4) is 0 Å². The highest BCUT2D eigenvalue weighted by Crippen LogP contribution is 2.22. The van der Waals surface area contributed by atoms with Crippen LogP contribution in [0.15, 0.2) is 62.9 Å². The summed E-state index contributed by atoms with van der Waals surface area (Å²) in [6.07, 6.45) is 7.16. The van der Waals surface area contributed by atoms with Crippen LogP contribution in [0.1, 0.15) is 15.2 Å². The van der Waals surface area contributed by atoms with Crippen LogP contribution in [0.3, 0.4) is 0 Å². The molecule has 96 valence electrons. The van der Waals surface area contributed by atoms with Gasteiger partial charge in [-0.25, -0.2) is 0 Å². The van der Waals surface area contributed by atoms with Gasteiger partial charge in [-0.2, -0.15) is 0 Å². The first-order chi connectivity index (χ1) is 9.15. The molecule has 19 heavy (non-hydrogen) atoms. The van der Waals surface area contributed by atoms with Crippen LogP contribution in [0.5, 0.6) is 0 Å². The van der Waals surface area contributed by atoms with Gasteiger partial charge in [-0.1, -0.05) is 46.3 Å². The maximum atomic E-state index is 11.8. The van der Waals surface area contributed by atoms with Gasteiger partial charge in [-0.15, -0.1) is 11.3 Å². The molecule has 2 aromatic rings. The van der Waals surface area contributed by atoms with Crippen LogP contribution in [0.25, 0.3) is 6.08 Å². The molecule has 0 saturated carbocycles. The molecule has 0 amide bonds. The fourth-order valence-corrected chi connectivity index (χ4v) is 2.98. The van der Waals surface area contributed by atoms with E-state index in [9.17, 15) is 4.79 Å². The number of ketones is 1. The van der Waals surface area contributed by atoms with E-state index in [2.05, 4.69) is 31.9 Å². The average molecular weight is 398 g/mol. The molecule has 0 aliphatic heterocycles. The minimum atomic E-state index is 0.0242. The number of carbonyl (C=O) groups excluding carboxylic acids is 1. The van der Waals surface area contributed by atoms with Crippen molar-refractivity contribution < 1.29 is 4.79 Å². The second kappa shape index (κ2) is 6.98. The molecule has 0 spiro atoms. The van der Waals surface area contributed by atoms with Gasteiger partial charge >= 0.3 is 0 Å². The van der Waals surface area contributed by atoms with Crippen molar-refractivity contribution in [3.63, 3.8) is 0 Å². The first-order valence-corrected chi connectivity index (χ1v) is 7.95. The summed E-state index contributed by atoms with van der Waals surface area (Å²) in [5, 5.41) is 0. The Hall–Kier alpha value is -0.970. The third kappa shape index (κ3) is 4.56. The molecule has 0 bridgehead atoms. The van der Waals surface area contributed by atoms with Gasteiger partial charge in [-0.05, 0) is 51.8 Å². The van der Waals surface area contributed by atoms with Gasteiger partial charge in [0.05, 0.1) is 8.66 Å². The predicted octanol–water partition coefficient (Wildman–Crippen LogP) is 5.73. The summed E-state index contributed by atoms with van der Waals surface area (Å²) in [4.78, 5) is 12.5. The van der Waals surface area contributed by atoms with Gasteiger partial charge in [0.15, 0.2) is 5.78 Å². The standard InChI is InChI=1S/C15H10Br2OS/c16-12-7-5-11(6-8-12)3-1-2-4-13(18)14-9-10-15(17)19-14/h1-10H/b3-1+,4-2+. The number of carbonyl (C=O) groups is 1. The summed E-state index contributed by atoms with van der Waals surface area (Å²) in [6, 6.07) is 11.7. The smallest absolute Gasteiger partial charge is 0.195 e. The van der Waals surface area contributed by atoms with E-state index in [1.54, 1.807) is 12.2 Å². The Morgan fingerprint density at radius 1 is 1.00 bits per heavy atom. The van der Waals surface area contributed by atoms with E-state index in [4.69, 9.17) is 0 Å². The molecule has 0 saturated heterocycles. The predicted molar refractivity (Wildman–Crippen MR) is 88.7 cm³/mol. The van der Waals surface area contributed by atoms with Crippen molar-refractivity contribution in [3.05, 3.63) is 73.3 Å². The van der Waals surface area contributed by atoms with Crippen molar-refractivity contribution in [2.24, 2.45) is 0 Å². The van der Waals surface area contributed by atoms with Crippen LogP contribution >= 0.6 is 43.2 Å². The van der Waals surface area contributed by atoms with Crippen molar-refractivity contribution >= 4 is 55.1 Å². The van der Waals surface area contributed by atoms with Crippen molar-refractivity contribution in [2.45, 2.75) is 0 Å². The summed E-state index contributed by atoms with van der Waals surface area (Å²) in [6.45, 7) is 0. The summed E-state index contributed by atoms with van der Waals surface area (Å²) in [7, 11) is 0. The number of thiophene rings is 1. The lowest BCUT2D eigenvalue weighted by atomic mass is 10.2. The number of benzene rings is 1. The summed E-state index contributed by atoms with van der Waals surface area (Å²) in [5.41, 5.74) is 1.10. The van der Waals surface area contributed by atoms with Gasteiger partial charge in [0.2, 0.25) is 0 Å². The maximum absolute atomic E-state index is 11.8. The summed E-state index contributed by atoms with van der Waals surface area (Å²) in [5.74, 6) is 0.0242. The van der Waals surface area contributed by atoms with Crippen LogP contribution in [0, 0.1) is 0 Å². The molecule has 0 radical (unpaired) electrons. The van der Waals surface area contributed by atoms with Crippen LogP contribution in [0.2, 0.25) is 0 Å². The minimum Gasteiger partial charge on any atom is -0.288 e. The van der Waals surface area contributed by atoms with Crippen molar-refractivity contribution in [1.82, 2.24) is 0 Å². The van der Waals surface area contributed by atoms with Gasteiger partial charge < -0.3 is 0 Å². The molecule has 0 N–H and O–H groups in total. The molecular formula is C15H10Br2OS. The van der Waals surface area contributed by atoms with Gasteiger partial charge in [-0.3, -0.25) is 4.79 Å². The lowest BCUT2D eigenvalue weighted by Crippen LogP contribution is -1.87. The number of halogens is 2. The van der Waals surface area contributed by atoms with E-state index in [1.165, 1.54) is 11.3 Å². The highest BCUT2D eigenvalue weighted by atomic mass is 79.9. The Morgan fingerprint density at radius 2 is 1.74 bits per heavy atom. The first-order valence-electron chi connectivity index (χ1n) is 5.55.